The number of furan rings is 1. The molecule has 1 aliphatic heterocycles. The SMILES string of the molecule is Cc1cc(-c2ccc(/C=C3\SC(=S)N(c4ccc(Cl)cc4)C3=O)o2)cc([N+](=O)[O-])c1C. The van der Waals surface area contributed by atoms with Gasteiger partial charge in [0.25, 0.3) is 11.6 Å². The first-order valence-corrected chi connectivity index (χ1v) is 10.7. The number of thioether (sulfide) groups is 1. The molecule has 9 heteroatoms. The van der Waals surface area contributed by atoms with E-state index < -0.39 is 4.92 Å². The molecule has 156 valence electrons. The van der Waals surface area contributed by atoms with Crippen LogP contribution in [0.3, 0.4) is 0 Å². The van der Waals surface area contributed by atoms with Crippen molar-refractivity contribution in [1.82, 2.24) is 0 Å². The third kappa shape index (κ3) is 4.14. The highest BCUT2D eigenvalue weighted by molar-refractivity contribution is 8.27. The fourth-order valence-electron chi connectivity index (χ4n) is 3.17. The van der Waals surface area contributed by atoms with Crippen LogP contribution < -0.4 is 4.90 Å². The molecule has 0 radical (unpaired) electrons. The molecule has 0 atom stereocenters. The molecule has 0 N–H and O–H groups in total. The summed E-state index contributed by atoms with van der Waals surface area (Å²) in [5, 5.41) is 11.9. The third-order valence-corrected chi connectivity index (χ3v) is 6.45. The quantitative estimate of drug-likeness (QED) is 0.187. The number of nitro benzene ring substituents is 1. The summed E-state index contributed by atoms with van der Waals surface area (Å²) in [5.41, 5.74) is 2.69. The summed E-state index contributed by atoms with van der Waals surface area (Å²) in [5.74, 6) is 0.676. The van der Waals surface area contributed by atoms with E-state index in [0.717, 1.165) is 5.56 Å². The Morgan fingerprint density at radius 2 is 1.87 bits per heavy atom. The monoisotopic (exact) mass is 470 g/mol. The molecule has 2 heterocycles. The van der Waals surface area contributed by atoms with Gasteiger partial charge in [-0.25, -0.2) is 0 Å². The molecule has 4 rings (SSSR count). The largest absolute Gasteiger partial charge is 0.457 e. The Bertz CT molecular complexity index is 1270. The predicted octanol–water partition coefficient (Wildman–Crippen LogP) is 6.53. The van der Waals surface area contributed by atoms with E-state index in [-0.39, 0.29) is 11.6 Å². The van der Waals surface area contributed by atoms with E-state index in [4.69, 9.17) is 28.2 Å². The minimum absolute atomic E-state index is 0.0387. The summed E-state index contributed by atoms with van der Waals surface area (Å²) in [4.78, 5) is 25.7. The molecule has 0 unspecified atom stereocenters. The van der Waals surface area contributed by atoms with Crippen molar-refractivity contribution >= 4 is 63.3 Å². The molecule has 1 amide bonds. The van der Waals surface area contributed by atoms with Gasteiger partial charge in [-0.05, 0) is 61.9 Å². The van der Waals surface area contributed by atoms with Gasteiger partial charge in [0, 0.05) is 28.3 Å². The number of nitro groups is 1. The van der Waals surface area contributed by atoms with Gasteiger partial charge in [0.05, 0.1) is 15.5 Å². The summed E-state index contributed by atoms with van der Waals surface area (Å²) in [6.45, 7) is 3.53. The molecular weight excluding hydrogens is 456 g/mol. The number of thiocarbonyl (C=S) groups is 1. The van der Waals surface area contributed by atoms with Gasteiger partial charge in [-0.2, -0.15) is 0 Å². The van der Waals surface area contributed by atoms with Crippen LogP contribution in [0.2, 0.25) is 5.02 Å². The summed E-state index contributed by atoms with van der Waals surface area (Å²) in [6, 6.07) is 13.6. The number of benzene rings is 2. The molecule has 1 aromatic heterocycles. The first kappa shape index (κ1) is 21.3. The van der Waals surface area contributed by atoms with Gasteiger partial charge in [0.15, 0.2) is 4.32 Å². The zero-order chi connectivity index (χ0) is 22.3. The second-order valence-corrected chi connectivity index (χ2v) is 9.00. The van der Waals surface area contributed by atoms with Crippen molar-refractivity contribution in [3.63, 3.8) is 0 Å². The number of carbonyl (C=O) groups excluding carboxylic acids is 1. The topological polar surface area (TPSA) is 76.6 Å². The van der Waals surface area contributed by atoms with Crippen molar-refractivity contribution in [3.8, 4) is 11.3 Å². The van der Waals surface area contributed by atoms with E-state index in [0.29, 0.717) is 42.6 Å². The molecule has 0 saturated carbocycles. The molecule has 0 bridgehead atoms. The van der Waals surface area contributed by atoms with Crippen molar-refractivity contribution in [2.24, 2.45) is 0 Å². The minimum atomic E-state index is -0.405. The Morgan fingerprint density at radius 1 is 1.16 bits per heavy atom. The molecule has 1 saturated heterocycles. The lowest BCUT2D eigenvalue weighted by Crippen LogP contribution is -2.27. The summed E-state index contributed by atoms with van der Waals surface area (Å²) >= 11 is 12.5. The molecule has 3 aromatic rings. The average molecular weight is 471 g/mol. The minimum Gasteiger partial charge on any atom is -0.457 e. The van der Waals surface area contributed by atoms with E-state index >= 15 is 0 Å². The van der Waals surface area contributed by atoms with Gasteiger partial charge in [-0.1, -0.05) is 35.6 Å². The Balaban J connectivity index is 1.63. The van der Waals surface area contributed by atoms with Crippen LogP contribution in [0.25, 0.3) is 17.4 Å². The second-order valence-electron chi connectivity index (χ2n) is 6.89. The molecule has 1 aliphatic rings. The maximum absolute atomic E-state index is 12.9. The van der Waals surface area contributed by atoms with Crippen LogP contribution in [0.4, 0.5) is 11.4 Å². The molecule has 6 nitrogen and oxygen atoms in total. The van der Waals surface area contributed by atoms with Crippen LogP contribution in [0.15, 0.2) is 57.9 Å². The Labute approximate surface area is 192 Å². The number of anilines is 1. The highest BCUT2D eigenvalue weighted by Crippen LogP contribution is 2.37. The average Bonchev–Trinajstić information content (AvgIpc) is 3.29. The second kappa shape index (κ2) is 8.30. The number of carbonyl (C=O) groups is 1. The van der Waals surface area contributed by atoms with Crippen molar-refractivity contribution in [1.29, 1.82) is 0 Å². The molecule has 2 aromatic carbocycles. The highest BCUT2D eigenvalue weighted by atomic mass is 35.5. The number of aryl methyl sites for hydroxylation is 1. The van der Waals surface area contributed by atoms with Gasteiger partial charge in [-0.3, -0.25) is 19.8 Å². The normalized spacial score (nSPS) is 15.2. The number of hydrogen-bond donors (Lipinski definition) is 0. The third-order valence-electron chi connectivity index (χ3n) is 4.90. The lowest BCUT2D eigenvalue weighted by atomic mass is 10.0. The van der Waals surface area contributed by atoms with Crippen molar-refractivity contribution < 1.29 is 14.1 Å². The summed E-state index contributed by atoms with van der Waals surface area (Å²) in [6.07, 6.45) is 1.62. The van der Waals surface area contributed by atoms with Gasteiger partial charge in [-0.15, -0.1) is 0 Å². The first-order valence-electron chi connectivity index (χ1n) is 9.14. The van der Waals surface area contributed by atoms with Crippen LogP contribution in [0, 0.1) is 24.0 Å². The van der Waals surface area contributed by atoms with E-state index in [1.54, 1.807) is 49.4 Å². The molecule has 1 fully saturated rings. The Morgan fingerprint density at radius 3 is 2.55 bits per heavy atom. The zero-order valence-corrected chi connectivity index (χ0v) is 18.8. The Kier molecular flexibility index (Phi) is 5.70. The van der Waals surface area contributed by atoms with Crippen LogP contribution in [-0.4, -0.2) is 15.2 Å². The maximum Gasteiger partial charge on any atom is 0.273 e. The van der Waals surface area contributed by atoms with Crippen LogP contribution in [0.1, 0.15) is 16.9 Å². The fraction of sp³-hybridized carbons (Fsp3) is 0.0909. The fourth-order valence-corrected chi connectivity index (χ4v) is 4.57. The number of hydrogen-bond acceptors (Lipinski definition) is 6. The van der Waals surface area contributed by atoms with Crippen LogP contribution in [0.5, 0.6) is 0 Å². The standard InChI is InChI=1S/C22H15ClN2O4S2/c1-12-9-14(10-18(13(12)2)25(27)28)19-8-7-17(29-19)11-20-21(26)24(22(30)31-20)16-5-3-15(23)4-6-16/h3-11H,1-2H3/b20-11-. The maximum atomic E-state index is 12.9. The Hall–Kier alpha value is -2.94. The van der Waals surface area contributed by atoms with Gasteiger partial charge in [0.2, 0.25) is 0 Å². The highest BCUT2D eigenvalue weighted by Gasteiger charge is 2.33. The number of nitrogens with zero attached hydrogens (tertiary/aromatic N) is 2. The number of halogens is 1. The van der Waals surface area contributed by atoms with Crippen molar-refractivity contribution in [2.45, 2.75) is 13.8 Å². The lowest BCUT2D eigenvalue weighted by Gasteiger charge is -2.14. The van der Waals surface area contributed by atoms with Crippen molar-refractivity contribution in [2.75, 3.05) is 4.90 Å². The number of amides is 1. The summed E-state index contributed by atoms with van der Waals surface area (Å²) in [7, 11) is 0. The predicted molar refractivity (Wildman–Crippen MR) is 127 cm³/mol. The van der Waals surface area contributed by atoms with E-state index in [2.05, 4.69) is 0 Å². The molecule has 0 aliphatic carbocycles. The van der Waals surface area contributed by atoms with Gasteiger partial charge >= 0.3 is 0 Å². The van der Waals surface area contributed by atoms with Gasteiger partial charge < -0.3 is 4.42 Å². The number of rotatable bonds is 4. The van der Waals surface area contributed by atoms with E-state index in [1.165, 1.54) is 22.7 Å². The van der Waals surface area contributed by atoms with E-state index in [9.17, 15) is 14.9 Å². The first-order chi connectivity index (χ1) is 14.7. The van der Waals surface area contributed by atoms with Crippen molar-refractivity contribution in [3.05, 3.63) is 85.5 Å². The molecular formula is C22H15ClN2O4S2. The molecule has 0 spiro atoms. The molecule has 31 heavy (non-hydrogen) atoms. The zero-order valence-electron chi connectivity index (χ0n) is 16.4. The van der Waals surface area contributed by atoms with Crippen LogP contribution in [-0.2, 0) is 4.79 Å². The lowest BCUT2D eigenvalue weighted by molar-refractivity contribution is -0.385. The van der Waals surface area contributed by atoms with Crippen LogP contribution >= 0.6 is 35.6 Å². The smallest absolute Gasteiger partial charge is 0.273 e. The van der Waals surface area contributed by atoms with Gasteiger partial charge in [0.1, 0.15) is 11.5 Å². The summed E-state index contributed by atoms with van der Waals surface area (Å²) < 4.78 is 6.27. The van der Waals surface area contributed by atoms with E-state index in [1.807, 2.05) is 13.0 Å².